The van der Waals surface area contributed by atoms with Crippen LogP contribution in [0.15, 0.2) is 24.3 Å². The summed E-state index contributed by atoms with van der Waals surface area (Å²) in [5.41, 5.74) is 7.18. The number of benzene rings is 1. The SMILES string of the molecule is CCCC1(C(N)=O)CCN(C(=O)Nc2cccc(CC)c2)CC1. The van der Waals surface area contributed by atoms with Gasteiger partial charge in [-0.05, 0) is 43.4 Å². The van der Waals surface area contributed by atoms with Gasteiger partial charge in [0.05, 0.1) is 5.41 Å². The van der Waals surface area contributed by atoms with Gasteiger partial charge >= 0.3 is 6.03 Å². The summed E-state index contributed by atoms with van der Waals surface area (Å²) >= 11 is 0. The fourth-order valence-electron chi connectivity index (χ4n) is 3.31. The number of nitrogens with zero attached hydrogens (tertiary/aromatic N) is 1. The van der Waals surface area contributed by atoms with Crippen molar-refractivity contribution < 1.29 is 9.59 Å². The van der Waals surface area contributed by atoms with Crippen LogP contribution < -0.4 is 11.1 Å². The van der Waals surface area contributed by atoms with Crippen LogP contribution in [0.3, 0.4) is 0 Å². The number of nitrogens with two attached hydrogens (primary N) is 1. The molecular weight excluding hydrogens is 290 g/mol. The van der Waals surface area contributed by atoms with Crippen molar-refractivity contribution in [2.24, 2.45) is 11.1 Å². The number of hydrogen-bond donors (Lipinski definition) is 2. The van der Waals surface area contributed by atoms with Gasteiger partial charge in [0.2, 0.25) is 5.91 Å². The first-order chi connectivity index (χ1) is 11.0. The van der Waals surface area contributed by atoms with Crippen molar-refractivity contribution in [3.05, 3.63) is 29.8 Å². The Hall–Kier alpha value is -2.04. The van der Waals surface area contributed by atoms with Gasteiger partial charge in [-0.3, -0.25) is 4.79 Å². The van der Waals surface area contributed by atoms with Crippen molar-refractivity contribution in [1.82, 2.24) is 4.90 Å². The molecule has 0 spiro atoms. The van der Waals surface area contributed by atoms with Gasteiger partial charge in [-0.2, -0.15) is 0 Å². The van der Waals surface area contributed by atoms with E-state index in [0.717, 1.165) is 24.9 Å². The second-order valence-electron chi connectivity index (χ2n) is 6.37. The maximum absolute atomic E-state index is 12.4. The molecule has 126 valence electrons. The van der Waals surface area contributed by atoms with E-state index < -0.39 is 5.41 Å². The van der Waals surface area contributed by atoms with Crippen molar-refractivity contribution in [3.63, 3.8) is 0 Å². The fourth-order valence-corrected chi connectivity index (χ4v) is 3.31. The Morgan fingerprint density at radius 3 is 2.52 bits per heavy atom. The monoisotopic (exact) mass is 317 g/mol. The van der Waals surface area contributed by atoms with E-state index in [0.29, 0.717) is 25.9 Å². The molecule has 0 unspecified atom stereocenters. The van der Waals surface area contributed by atoms with Crippen LogP contribution in [0.4, 0.5) is 10.5 Å². The third-order valence-corrected chi connectivity index (χ3v) is 4.85. The number of rotatable bonds is 5. The van der Waals surface area contributed by atoms with E-state index in [9.17, 15) is 9.59 Å². The molecule has 0 radical (unpaired) electrons. The Morgan fingerprint density at radius 1 is 1.26 bits per heavy atom. The van der Waals surface area contributed by atoms with E-state index in [-0.39, 0.29) is 11.9 Å². The summed E-state index contributed by atoms with van der Waals surface area (Å²) in [6.45, 7) is 5.29. The lowest BCUT2D eigenvalue weighted by atomic mass is 9.74. The molecule has 1 saturated heterocycles. The Kier molecular flexibility index (Phi) is 5.64. The fraction of sp³-hybridized carbons (Fsp3) is 0.556. The molecule has 1 aromatic carbocycles. The van der Waals surface area contributed by atoms with Gasteiger partial charge in [-0.15, -0.1) is 0 Å². The van der Waals surface area contributed by atoms with E-state index in [1.807, 2.05) is 24.3 Å². The highest BCUT2D eigenvalue weighted by Crippen LogP contribution is 2.36. The highest BCUT2D eigenvalue weighted by Gasteiger charge is 2.39. The molecule has 5 nitrogen and oxygen atoms in total. The van der Waals surface area contributed by atoms with Crippen molar-refractivity contribution in [2.45, 2.75) is 46.0 Å². The minimum atomic E-state index is -0.437. The van der Waals surface area contributed by atoms with E-state index in [2.05, 4.69) is 19.2 Å². The highest BCUT2D eigenvalue weighted by atomic mass is 16.2. The summed E-state index contributed by atoms with van der Waals surface area (Å²) in [6.07, 6.45) is 3.97. The van der Waals surface area contributed by atoms with Gasteiger partial charge < -0.3 is 16.0 Å². The second kappa shape index (κ2) is 7.49. The van der Waals surface area contributed by atoms with Gasteiger partial charge in [0.15, 0.2) is 0 Å². The zero-order valence-electron chi connectivity index (χ0n) is 14.1. The molecular formula is C18H27N3O2. The lowest BCUT2D eigenvalue weighted by molar-refractivity contribution is -0.130. The van der Waals surface area contributed by atoms with Crippen LogP contribution in [0.2, 0.25) is 0 Å². The zero-order valence-corrected chi connectivity index (χ0v) is 14.1. The second-order valence-corrected chi connectivity index (χ2v) is 6.37. The summed E-state index contributed by atoms with van der Waals surface area (Å²) in [7, 11) is 0. The van der Waals surface area contributed by atoms with Crippen LogP contribution >= 0.6 is 0 Å². The van der Waals surface area contributed by atoms with Gasteiger partial charge in [0.25, 0.3) is 0 Å². The van der Waals surface area contributed by atoms with Crippen LogP contribution in [0.5, 0.6) is 0 Å². The van der Waals surface area contributed by atoms with Crippen LogP contribution in [-0.4, -0.2) is 29.9 Å². The first kappa shape index (κ1) is 17.3. The number of primary amides is 1. The summed E-state index contributed by atoms with van der Waals surface area (Å²) in [5, 5.41) is 2.95. The molecule has 1 fully saturated rings. The zero-order chi connectivity index (χ0) is 16.9. The van der Waals surface area contributed by atoms with E-state index in [1.54, 1.807) is 4.90 Å². The molecule has 0 atom stereocenters. The first-order valence-electron chi connectivity index (χ1n) is 8.45. The summed E-state index contributed by atoms with van der Waals surface area (Å²) in [4.78, 5) is 26.0. The molecule has 2 rings (SSSR count). The largest absolute Gasteiger partial charge is 0.369 e. The lowest BCUT2D eigenvalue weighted by Crippen LogP contribution is -2.49. The van der Waals surface area contributed by atoms with E-state index in [1.165, 1.54) is 5.56 Å². The Labute approximate surface area is 138 Å². The van der Waals surface area contributed by atoms with Gasteiger partial charge in [0.1, 0.15) is 0 Å². The quantitative estimate of drug-likeness (QED) is 0.875. The number of hydrogen-bond acceptors (Lipinski definition) is 2. The minimum Gasteiger partial charge on any atom is -0.369 e. The molecule has 0 bridgehead atoms. The Bertz CT molecular complexity index is 563. The number of anilines is 1. The third-order valence-electron chi connectivity index (χ3n) is 4.85. The Morgan fingerprint density at radius 2 is 1.96 bits per heavy atom. The number of carbonyl (C=O) groups excluding carboxylic acids is 2. The normalized spacial score (nSPS) is 16.9. The molecule has 0 aromatic heterocycles. The predicted octanol–water partition coefficient (Wildman–Crippen LogP) is 3.15. The number of carbonyl (C=O) groups is 2. The summed E-state index contributed by atoms with van der Waals surface area (Å²) in [5.74, 6) is -0.227. The molecule has 1 aliphatic heterocycles. The maximum Gasteiger partial charge on any atom is 0.321 e. The smallest absolute Gasteiger partial charge is 0.321 e. The number of amides is 3. The average Bonchev–Trinajstić information content (AvgIpc) is 2.55. The molecule has 3 N–H and O–H groups in total. The Balaban J connectivity index is 1.96. The summed E-state index contributed by atoms with van der Waals surface area (Å²) in [6, 6.07) is 7.78. The van der Waals surface area contributed by atoms with Gasteiger partial charge in [0, 0.05) is 18.8 Å². The molecule has 1 aromatic rings. The van der Waals surface area contributed by atoms with Crippen LogP contribution in [-0.2, 0) is 11.2 Å². The number of piperidine rings is 1. The first-order valence-corrected chi connectivity index (χ1v) is 8.45. The predicted molar refractivity (Wildman–Crippen MR) is 92.2 cm³/mol. The number of urea groups is 1. The highest BCUT2D eigenvalue weighted by molar-refractivity contribution is 5.90. The number of nitrogens with one attached hydrogen (secondary N) is 1. The standard InChI is InChI=1S/C18H27N3O2/c1-3-8-18(16(19)22)9-11-21(12-10-18)17(23)20-15-7-5-6-14(4-2)13-15/h5-7,13H,3-4,8-12H2,1-2H3,(H2,19,22)(H,20,23). The summed E-state index contributed by atoms with van der Waals surface area (Å²) < 4.78 is 0. The molecule has 0 aliphatic carbocycles. The van der Waals surface area contributed by atoms with Crippen LogP contribution in [0.25, 0.3) is 0 Å². The molecule has 3 amide bonds. The molecule has 1 heterocycles. The van der Waals surface area contributed by atoms with Crippen molar-refractivity contribution in [3.8, 4) is 0 Å². The third kappa shape index (κ3) is 4.03. The van der Waals surface area contributed by atoms with Crippen LogP contribution in [0, 0.1) is 5.41 Å². The molecule has 1 aliphatic rings. The molecule has 23 heavy (non-hydrogen) atoms. The maximum atomic E-state index is 12.4. The number of aryl methyl sites for hydroxylation is 1. The van der Waals surface area contributed by atoms with E-state index in [4.69, 9.17) is 5.73 Å². The topological polar surface area (TPSA) is 75.4 Å². The van der Waals surface area contributed by atoms with Crippen molar-refractivity contribution >= 4 is 17.6 Å². The van der Waals surface area contributed by atoms with E-state index >= 15 is 0 Å². The van der Waals surface area contributed by atoms with Gasteiger partial charge in [-0.25, -0.2) is 4.79 Å². The van der Waals surface area contributed by atoms with Crippen LogP contribution in [0.1, 0.15) is 45.1 Å². The average molecular weight is 317 g/mol. The van der Waals surface area contributed by atoms with Crippen molar-refractivity contribution in [1.29, 1.82) is 0 Å². The molecule has 0 saturated carbocycles. The number of likely N-dealkylation sites (tertiary alicyclic amines) is 1. The minimum absolute atomic E-state index is 0.104. The van der Waals surface area contributed by atoms with Gasteiger partial charge in [-0.1, -0.05) is 32.4 Å². The van der Waals surface area contributed by atoms with Crippen molar-refractivity contribution in [2.75, 3.05) is 18.4 Å². The lowest BCUT2D eigenvalue weighted by Gasteiger charge is -2.39. The molecule has 5 heteroatoms.